The normalized spacial score (nSPS) is 16.4. The summed E-state index contributed by atoms with van der Waals surface area (Å²) in [6.07, 6.45) is 11.6. The standard InChI is InChI=1S/2C29H36F2N6O3.C4H4O4/c2*1-35-11-13-37(14-12-35)21-7-9-36(10-8-21)22-6-4-5-20(15-22)34-29-32-17-23(18-33-29)40-19-24-27(30)25(38-2)16-26(39-3)28(24)31;5-3(6)1-2-4(7)8/h2*4-6,15-18,21H,7-14,19H2,1-3H3,(H,32,33,34);1-2H,(H,5,6)(H,7,8)/b;;2-1+. The molecule has 4 aliphatic heterocycles. The van der Waals surface area contributed by atoms with E-state index in [1.807, 2.05) is 24.3 Å². The second-order valence-electron chi connectivity index (χ2n) is 21.3. The zero-order valence-electron chi connectivity index (χ0n) is 50.3. The number of anilines is 6. The molecule has 0 saturated carbocycles. The van der Waals surface area contributed by atoms with Crippen LogP contribution in [0, 0.1) is 23.3 Å². The number of nitrogens with one attached hydrogen (secondary N) is 2. The summed E-state index contributed by atoms with van der Waals surface area (Å²) in [5.74, 6) is -5.10. The van der Waals surface area contributed by atoms with Crippen LogP contribution in [-0.4, -0.2) is 195 Å². The average Bonchev–Trinajstić information content (AvgIpc) is 3.45. The number of carboxylic acid groups (broad SMARTS) is 2. The fraction of sp³-hybridized carbons (Fsp3) is 0.419. The Morgan fingerprint density at radius 1 is 0.500 bits per heavy atom. The van der Waals surface area contributed by atoms with E-state index < -0.39 is 35.2 Å². The lowest BCUT2D eigenvalue weighted by Crippen LogP contribution is -2.52. The Kier molecular flexibility index (Phi) is 23.6. The number of hydrogen-bond donors (Lipinski definition) is 4. The molecule has 4 saturated heterocycles. The van der Waals surface area contributed by atoms with Gasteiger partial charge in [0.25, 0.3) is 0 Å². The number of likely N-dealkylation sites (N-methyl/N-ethyl adjacent to an activating group) is 2. The molecule has 88 heavy (non-hydrogen) atoms. The predicted molar refractivity (Wildman–Crippen MR) is 324 cm³/mol. The fourth-order valence-electron chi connectivity index (χ4n) is 10.7. The largest absolute Gasteiger partial charge is 0.494 e. The van der Waals surface area contributed by atoms with Crippen molar-refractivity contribution in [2.45, 2.75) is 51.0 Å². The van der Waals surface area contributed by atoms with Crippen molar-refractivity contribution in [3.63, 3.8) is 0 Å². The molecule has 4 aromatic carbocycles. The molecule has 6 aromatic rings. The highest BCUT2D eigenvalue weighted by Gasteiger charge is 2.29. The Labute approximate surface area is 509 Å². The van der Waals surface area contributed by atoms with E-state index in [1.165, 1.54) is 90.3 Å². The second kappa shape index (κ2) is 31.8. The summed E-state index contributed by atoms with van der Waals surface area (Å²) in [6, 6.07) is 20.1. The van der Waals surface area contributed by atoms with E-state index in [2.05, 4.69) is 98.3 Å². The molecule has 10 rings (SSSR count). The van der Waals surface area contributed by atoms with Crippen LogP contribution in [0.25, 0.3) is 0 Å². The maximum absolute atomic E-state index is 14.6. The van der Waals surface area contributed by atoms with Crippen molar-refractivity contribution in [1.29, 1.82) is 0 Å². The number of ether oxygens (including phenoxy) is 6. The Morgan fingerprint density at radius 2 is 0.818 bits per heavy atom. The number of benzene rings is 4. The van der Waals surface area contributed by atoms with Crippen molar-refractivity contribution in [2.75, 3.05) is 142 Å². The maximum atomic E-state index is 14.6. The number of carboxylic acids is 2. The van der Waals surface area contributed by atoms with Gasteiger partial charge < -0.3 is 68.9 Å². The summed E-state index contributed by atoms with van der Waals surface area (Å²) in [4.78, 5) is 51.3. The van der Waals surface area contributed by atoms with Gasteiger partial charge in [0.05, 0.1) is 64.4 Å². The Hall–Kier alpha value is -8.72. The first kappa shape index (κ1) is 65.3. The van der Waals surface area contributed by atoms with E-state index >= 15 is 0 Å². The lowest BCUT2D eigenvalue weighted by atomic mass is 10.0. The molecule has 0 radical (unpaired) electrons. The van der Waals surface area contributed by atoms with Crippen LogP contribution in [0.15, 0.2) is 97.6 Å². The van der Waals surface area contributed by atoms with E-state index in [4.69, 9.17) is 38.6 Å². The molecular formula is C62H76F4N12O10. The summed E-state index contributed by atoms with van der Waals surface area (Å²) in [5, 5.41) is 22.1. The quantitative estimate of drug-likeness (QED) is 0.0416. The highest BCUT2D eigenvalue weighted by atomic mass is 19.1. The lowest BCUT2D eigenvalue weighted by Gasteiger charge is -2.42. The van der Waals surface area contributed by atoms with Gasteiger partial charge in [-0.05, 0) is 76.2 Å². The molecule has 472 valence electrons. The van der Waals surface area contributed by atoms with Gasteiger partial charge in [0.15, 0.2) is 57.8 Å². The van der Waals surface area contributed by atoms with Gasteiger partial charge in [0, 0.05) is 138 Å². The highest BCUT2D eigenvalue weighted by Crippen LogP contribution is 2.35. The number of piperazine rings is 2. The van der Waals surface area contributed by atoms with Crippen LogP contribution in [0.4, 0.5) is 52.2 Å². The molecule has 0 bridgehead atoms. The van der Waals surface area contributed by atoms with Crippen molar-refractivity contribution in [3.05, 3.63) is 132 Å². The Bertz CT molecular complexity index is 3000. The van der Waals surface area contributed by atoms with E-state index in [1.54, 1.807) is 0 Å². The van der Waals surface area contributed by atoms with Crippen molar-refractivity contribution >= 4 is 46.6 Å². The number of hydrogen-bond acceptors (Lipinski definition) is 20. The molecule has 4 fully saturated rings. The van der Waals surface area contributed by atoms with Gasteiger partial charge in [0.1, 0.15) is 13.2 Å². The number of nitrogens with zero attached hydrogens (tertiary/aromatic N) is 10. The minimum Gasteiger partial charge on any atom is -0.494 e. The molecule has 4 N–H and O–H groups in total. The van der Waals surface area contributed by atoms with Crippen LogP contribution in [0.1, 0.15) is 36.8 Å². The number of halogens is 4. The van der Waals surface area contributed by atoms with Crippen molar-refractivity contribution < 1.29 is 65.8 Å². The van der Waals surface area contributed by atoms with Gasteiger partial charge in [-0.3, -0.25) is 9.80 Å². The third-order valence-corrected chi connectivity index (χ3v) is 15.7. The van der Waals surface area contributed by atoms with Gasteiger partial charge in [-0.1, -0.05) is 12.1 Å². The van der Waals surface area contributed by atoms with Crippen LogP contribution in [0.5, 0.6) is 34.5 Å². The minimum absolute atomic E-state index is 0.130. The third-order valence-electron chi connectivity index (χ3n) is 15.7. The number of methoxy groups -OCH3 is 4. The number of piperidine rings is 2. The summed E-state index contributed by atoms with van der Waals surface area (Å²) in [6.45, 7) is 12.6. The zero-order valence-corrected chi connectivity index (χ0v) is 50.3. The summed E-state index contributed by atoms with van der Waals surface area (Å²) in [5.41, 5.74) is 3.48. The highest BCUT2D eigenvalue weighted by molar-refractivity contribution is 5.89. The van der Waals surface area contributed by atoms with Gasteiger partial charge in [-0.25, -0.2) is 47.1 Å². The molecule has 0 amide bonds. The SMILES string of the molecule is COc1cc(OC)c(F)c(COc2cnc(Nc3cccc(N4CCC(N5CCN(C)CC5)CC4)c3)nc2)c1F.COc1cc(OC)c(F)c(COc2cnc(Nc3cccc(N4CCC(N5CCN(C)CC5)CC4)c3)nc2)c1F.O=C(O)/C=C/C(=O)O. The van der Waals surface area contributed by atoms with Crippen LogP contribution in [0.3, 0.4) is 0 Å². The van der Waals surface area contributed by atoms with Crippen molar-refractivity contribution in [2.24, 2.45) is 0 Å². The Balaban J connectivity index is 0.000000203. The number of aromatic nitrogens is 4. The topological polar surface area (TPSA) is 225 Å². The summed E-state index contributed by atoms with van der Waals surface area (Å²) < 4.78 is 89.4. The molecule has 22 nitrogen and oxygen atoms in total. The summed E-state index contributed by atoms with van der Waals surface area (Å²) in [7, 11) is 9.58. The average molecular weight is 1230 g/mol. The number of carbonyl (C=O) groups is 2. The molecule has 26 heteroatoms. The monoisotopic (exact) mass is 1220 g/mol. The zero-order chi connectivity index (χ0) is 62.7. The molecule has 4 aliphatic rings. The van der Waals surface area contributed by atoms with Crippen LogP contribution < -0.4 is 48.9 Å². The first-order valence-electron chi connectivity index (χ1n) is 28.8. The summed E-state index contributed by atoms with van der Waals surface area (Å²) >= 11 is 0. The maximum Gasteiger partial charge on any atom is 0.328 e. The molecule has 6 heterocycles. The third kappa shape index (κ3) is 17.9. The van der Waals surface area contributed by atoms with E-state index in [0.29, 0.717) is 36.1 Å². The molecular weight excluding hydrogens is 1150 g/mol. The molecule has 2 aromatic heterocycles. The molecule has 0 unspecified atom stereocenters. The fourth-order valence-corrected chi connectivity index (χ4v) is 10.7. The van der Waals surface area contributed by atoms with Gasteiger partial charge in [0.2, 0.25) is 11.9 Å². The Morgan fingerprint density at radius 3 is 1.11 bits per heavy atom. The van der Waals surface area contributed by atoms with Gasteiger partial charge in [-0.15, -0.1) is 0 Å². The van der Waals surface area contributed by atoms with Crippen molar-refractivity contribution in [3.8, 4) is 34.5 Å². The molecule has 0 atom stereocenters. The predicted octanol–water partition coefficient (Wildman–Crippen LogP) is 8.33. The lowest BCUT2D eigenvalue weighted by molar-refractivity contribution is -0.134. The van der Waals surface area contributed by atoms with Gasteiger partial charge >= 0.3 is 11.9 Å². The van der Waals surface area contributed by atoms with Crippen molar-refractivity contribution in [1.82, 2.24) is 39.5 Å². The molecule has 0 aliphatic carbocycles. The number of aliphatic carboxylic acids is 2. The van der Waals surface area contributed by atoms with Crippen LogP contribution in [0.2, 0.25) is 0 Å². The minimum atomic E-state index is -1.26. The van der Waals surface area contributed by atoms with E-state index in [0.717, 1.165) is 102 Å². The van der Waals surface area contributed by atoms with Crippen LogP contribution in [-0.2, 0) is 22.8 Å². The van der Waals surface area contributed by atoms with E-state index in [-0.39, 0.29) is 58.8 Å². The second-order valence-corrected chi connectivity index (χ2v) is 21.3. The smallest absolute Gasteiger partial charge is 0.328 e. The first-order chi connectivity index (χ1) is 42.5. The first-order valence-corrected chi connectivity index (χ1v) is 28.8. The van der Waals surface area contributed by atoms with Gasteiger partial charge in [-0.2, -0.15) is 0 Å². The molecule has 0 spiro atoms. The van der Waals surface area contributed by atoms with E-state index in [9.17, 15) is 27.2 Å². The number of rotatable bonds is 20. The van der Waals surface area contributed by atoms with Crippen LogP contribution >= 0.6 is 0 Å².